The summed E-state index contributed by atoms with van der Waals surface area (Å²) in [5.41, 5.74) is 1.44. The largest absolute Gasteiger partial charge is 0.379 e. The summed E-state index contributed by atoms with van der Waals surface area (Å²) in [6.07, 6.45) is 0. The number of guanidine groups is 1. The molecule has 1 heterocycles. The zero-order valence-corrected chi connectivity index (χ0v) is 16.7. The number of ether oxygens (including phenoxy) is 1. The Morgan fingerprint density at radius 1 is 1.13 bits per heavy atom. The summed E-state index contributed by atoms with van der Waals surface area (Å²) in [4.78, 5) is 17.2. The highest BCUT2D eigenvalue weighted by atomic mass is 19.1. The molecule has 0 saturated carbocycles. The van der Waals surface area contributed by atoms with E-state index in [2.05, 4.69) is 20.5 Å². The minimum absolute atomic E-state index is 0.0456. The summed E-state index contributed by atoms with van der Waals surface area (Å²) in [7, 11) is 0. The molecule has 30 heavy (non-hydrogen) atoms. The summed E-state index contributed by atoms with van der Waals surface area (Å²) in [5, 5.41) is 17.2. The first-order valence-electron chi connectivity index (χ1n) is 9.91. The normalized spacial score (nSPS) is 15.0. The van der Waals surface area contributed by atoms with Gasteiger partial charge in [0.25, 0.3) is 5.69 Å². The number of hydrogen-bond acceptors (Lipinski definition) is 5. The van der Waals surface area contributed by atoms with E-state index in [1.807, 2.05) is 0 Å². The van der Waals surface area contributed by atoms with E-state index < -0.39 is 4.92 Å². The maximum atomic E-state index is 13.9. The van der Waals surface area contributed by atoms with Crippen LogP contribution >= 0.6 is 0 Å². The van der Waals surface area contributed by atoms with Crippen molar-refractivity contribution in [1.82, 2.24) is 15.5 Å². The fourth-order valence-corrected chi connectivity index (χ4v) is 3.05. The average molecular weight is 415 g/mol. The van der Waals surface area contributed by atoms with E-state index in [1.165, 1.54) is 18.2 Å². The maximum absolute atomic E-state index is 13.9. The fraction of sp³-hybridized carbons (Fsp3) is 0.381. The molecule has 1 fully saturated rings. The molecule has 0 unspecified atom stereocenters. The number of nitro benzene ring substituents is 1. The van der Waals surface area contributed by atoms with Gasteiger partial charge >= 0.3 is 0 Å². The van der Waals surface area contributed by atoms with Gasteiger partial charge in [-0.2, -0.15) is 0 Å². The lowest BCUT2D eigenvalue weighted by atomic mass is 10.2. The molecule has 0 aromatic heterocycles. The molecule has 2 aromatic rings. The number of benzene rings is 2. The molecule has 0 radical (unpaired) electrons. The molecule has 1 aliphatic heterocycles. The molecule has 8 nitrogen and oxygen atoms in total. The first-order chi connectivity index (χ1) is 14.6. The minimum Gasteiger partial charge on any atom is -0.379 e. The zero-order valence-electron chi connectivity index (χ0n) is 16.7. The molecular formula is C21H26FN5O3. The second kappa shape index (κ2) is 11.2. The molecule has 3 rings (SSSR count). The molecule has 1 saturated heterocycles. The Kier molecular flexibility index (Phi) is 8.10. The van der Waals surface area contributed by atoms with E-state index in [9.17, 15) is 14.5 Å². The van der Waals surface area contributed by atoms with Gasteiger partial charge in [0.1, 0.15) is 5.82 Å². The molecule has 9 heteroatoms. The van der Waals surface area contributed by atoms with Crippen molar-refractivity contribution >= 4 is 11.6 Å². The van der Waals surface area contributed by atoms with Crippen molar-refractivity contribution < 1.29 is 14.1 Å². The van der Waals surface area contributed by atoms with Crippen LogP contribution in [-0.4, -0.2) is 55.2 Å². The molecule has 1 aliphatic rings. The Labute approximate surface area is 174 Å². The van der Waals surface area contributed by atoms with Gasteiger partial charge in [-0.3, -0.25) is 15.0 Å². The maximum Gasteiger partial charge on any atom is 0.269 e. The van der Waals surface area contributed by atoms with Crippen LogP contribution in [0, 0.1) is 15.9 Å². The zero-order chi connectivity index (χ0) is 21.2. The number of nitrogens with one attached hydrogen (secondary N) is 2. The van der Waals surface area contributed by atoms with Crippen molar-refractivity contribution in [2.75, 3.05) is 39.4 Å². The standard InChI is InChI=1S/C21H26FN5O3/c22-20-4-2-1-3-18(20)16-25-21(23-9-10-26-11-13-30-14-12-26)24-15-17-5-7-19(8-6-17)27(28)29/h1-8H,9-16H2,(H2,23,24,25). The first kappa shape index (κ1) is 21.7. The molecule has 2 aromatic carbocycles. The fourth-order valence-electron chi connectivity index (χ4n) is 3.05. The third kappa shape index (κ3) is 6.78. The van der Waals surface area contributed by atoms with Crippen LogP contribution < -0.4 is 10.6 Å². The molecule has 0 amide bonds. The Hall–Kier alpha value is -3.04. The molecule has 2 N–H and O–H groups in total. The van der Waals surface area contributed by atoms with Crippen molar-refractivity contribution in [3.63, 3.8) is 0 Å². The number of rotatable bonds is 8. The monoisotopic (exact) mass is 415 g/mol. The van der Waals surface area contributed by atoms with Crippen LogP contribution in [0.3, 0.4) is 0 Å². The van der Waals surface area contributed by atoms with Crippen molar-refractivity contribution in [3.05, 3.63) is 75.6 Å². The Morgan fingerprint density at radius 2 is 1.87 bits per heavy atom. The predicted octanol–water partition coefficient (Wildman–Crippen LogP) is 2.30. The van der Waals surface area contributed by atoms with Crippen LogP contribution in [0.1, 0.15) is 11.1 Å². The van der Waals surface area contributed by atoms with Crippen molar-refractivity contribution in [2.24, 2.45) is 4.99 Å². The third-order valence-electron chi connectivity index (χ3n) is 4.80. The number of non-ortho nitro benzene ring substituents is 1. The number of hydrogen-bond donors (Lipinski definition) is 2. The number of morpholine rings is 1. The third-order valence-corrected chi connectivity index (χ3v) is 4.80. The van der Waals surface area contributed by atoms with E-state index in [0.717, 1.165) is 38.4 Å². The van der Waals surface area contributed by atoms with Crippen LogP contribution in [0.4, 0.5) is 10.1 Å². The van der Waals surface area contributed by atoms with Gasteiger partial charge in [-0.25, -0.2) is 9.38 Å². The molecule has 0 aliphatic carbocycles. The van der Waals surface area contributed by atoms with Crippen LogP contribution in [0.25, 0.3) is 0 Å². The van der Waals surface area contributed by atoms with Gasteiger partial charge in [0.15, 0.2) is 5.96 Å². The molecule has 160 valence electrons. The van der Waals surface area contributed by atoms with E-state index in [1.54, 1.807) is 30.3 Å². The first-order valence-corrected chi connectivity index (χ1v) is 9.91. The topological polar surface area (TPSA) is 92.0 Å². The van der Waals surface area contributed by atoms with E-state index in [-0.39, 0.29) is 11.5 Å². The van der Waals surface area contributed by atoms with Gasteiger partial charge in [-0.1, -0.05) is 30.3 Å². The molecular weight excluding hydrogens is 389 g/mol. The highest BCUT2D eigenvalue weighted by molar-refractivity contribution is 5.79. The smallest absolute Gasteiger partial charge is 0.269 e. The summed E-state index contributed by atoms with van der Waals surface area (Å²) in [5.74, 6) is 0.290. The minimum atomic E-state index is -0.429. The Balaban J connectivity index is 1.60. The lowest BCUT2D eigenvalue weighted by Crippen LogP contribution is -2.44. The van der Waals surface area contributed by atoms with Crippen LogP contribution in [0.2, 0.25) is 0 Å². The van der Waals surface area contributed by atoms with Crippen molar-refractivity contribution in [3.8, 4) is 0 Å². The predicted molar refractivity (Wildman–Crippen MR) is 113 cm³/mol. The summed E-state index contributed by atoms with van der Waals surface area (Å²) in [6.45, 7) is 5.47. The summed E-state index contributed by atoms with van der Waals surface area (Å²) < 4.78 is 19.3. The molecule has 0 atom stereocenters. The van der Waals surface area contributed by atoms with Gasteiger partial charge in [0.2, 0.25) is 0 Å². The van der Waals surface area contributed by atoms with Gasteiger partial charge in [0, 0.05) is 50.4 Å². The van der Waals surface area contributed by atoms with Gasteiger partial charge < -0.3 is 15.4 Å². The number of nitrogens with zero attached hydrogens (tertiary/aromatic N) is 3. The number of nitro groups is 1. The Bertz CT molecular complexity index is 854. The highest BCUT2D eigenvalue weighted by Gasteiger charge is 2.10. The van der Waals surface area contributed by atoms with E-state index >= 15 is 0 Å². The van der Waals surface area contributed by atoms with Crippen LogP contribution in [0.5, 0.6) is 0 Å². The quantitative estimate of drug-likeness (QED) is 0.298. The second-order valence-corrected chi connectivity index (χ2v) is 6.91. The lowest BCUT2D eigenvalue weighted by Gasteiger charge is -2.26. The Morgan fingerprint density at radius 3 is 2.57 bits per heavy atom. The summed E-state index contributed by atoms with van der Waals surface area (Å²) in [6, 6.07) is 12.9. The molecule has 0 bridgehead atoms. The van der Waals surface area contributed by atoms with E-state index in [0.29, 0.717) is 31.2 Å². The SMILES string of the molecule is O=[N+]([O-])c1ccc(CN=C(NCCN2CCOCC2)NCc2ccccc2F)cc1. The average Bonchev–Trinajstić information content (AvgIpc) is 2.77. The lowest BCUT2D eigenvalue weighted by molar-refractivity contribution is -0.384. The van der Waals surface area contributed by atoms with Gasteiger partial charge in [-0.05, 0) is 11.6 Å². The summed E-state index contributed by atoms with van der Waals surface area (Å²) >= 11 is 0. The molecule has 0 spiro atoms. The van der Waals surface area contributed by atoms with Gasteiger partial charge in [0.05, 0.1) is 24.7 Å². The second-order valence-electron chi connectivity index (χ2n) is 6.91. The van der Waals surface area contributed by atoms with Gasteiger partial charge in [-0.15, -0.1) is 0 Å². The van der Waals surface area contributed by atoms with Crippen molar-refractivity contribution in [1.29, 1.82) is 0 Å². The van der Waals surface area contributed by atoms with Crippen LogP contribution in [0.15, 0.2) is 53.5 Å². The highest BCUT2D eigenvalue weighted by Crippen LogP contribution is 2.12. The number of aliphatic imine (C=N–C) groups is 1. The van der Waals surface area contributed by atoms with E-state index in [4.69, 9.17) is 4.74 Å². The van der Waals surface area contributed by atoms with Crippen molar-refractivity contribution in [2.45, 2.75) is 13.1 Å². The van der Waals surface area contributed by atoms with Crippen LogP contribution in [-0.2, 0) is 17.8 Å². The number of halogens is 1.